The number of anilines is 1. The van der Waals surface area contributed by atoms with Gasteiger partial charge in [-0.05, 0) is 48.6 Å². The highest BCUT2D eigenvalue weighted by atomic mass is 32.1. The minimum Gasteiger partial charge on any atom is -0.497 e. The van der Waals surface area contributed by atoms with Gasteiger partial charge in [0.25, 0.3) is 11.8 Å². The Morgan fingerprint density at radius 3 is 2.34 bits per heavy atom. The molecule has 1 heterocycles. The second-order valence-corrected chi connectivity index (χ2v) is 6.59. The number of ether oxygens (including phenoxy) is 1. The smallest absolute Gasteiger partial charge is 0.269 e. The van der Waals surface area contributed by atoms with Gasteiger partial charge in [0.1, 0.15) is 11.8 Å². The molecule has 0 aliphatic carbocycles. The van der Waals surface area contributed by atoms with Crippen LogP contribution in [0.4, 0.5) is 5.69 Å². The van der Waals surface area contributed by atoms with Crippen molar-refractivity contribution in [3.05, 3.63) is 60.2 Å². The number of nitrogens with one attached hydrogen (secondary N) is 2. The van der Waals surface area contributed by atoms with Crippen LogP contribution in [-0.2, 0) is 9.59 Å². The molecule has 1 aliphatic rings. The molecule has 9 heteroatoms. The molecule has 150 valence electrons. The van der Waals surface area contributed by atoms with Gasteiger partial charge in [-0.25, -0.2) is 5.01 Å². The fourth-order valence-electron chi connectivity index (χ4n) is 2.91. The van der Waals surface area contributed by atoms with E-state index in [-0.39, 0.29) is 17.4 Å². The van der Waals surface area contributed by atoms with Gasteiger partial charge in [0.2, 0.25) is 11.0 Å². The molecule has 0 aromatic heterocycles. The molecular weight excluding hydrogens is 392 g/mol. The van der Waals surface area contributed by atoms with E-state index in [2.05, 4.69) is 10.7 Å². The molecule has 1 unspecified atom stereocenters. The molecule has 2 N–H and O–H groups in total. The van der Waals surface area contributed by atoms with E-state index in [4.69, 9.17) is 17.0 Å². The molecule has 3 amide bonds. The third-order valence-corrected chi connectivity index (χ3v) is 4.84. The largest absolute Gasteiger partial charge is 0.497 e. The number of hydrogen-bond acceptors (Lipinski definition) is 5. The lowest BCUT2D eigenvalue weighted by Gasteiger charge is -2.24. The summed E-state index contributed by atoms with van der Waals surface area (Å²) in [5.74, 6) is -0.555. The quantitative estimate of drug-likeness (QED) is 0.699. The second kappa shape index (κ2) is 8.70. The zero-order valence-corrected chi connectivity index (χ0v) is 16.7. The Morgan fingerprint density at radius 1 is 1.10 bits per heavy atom. The summed E-state index contributed by atoms with van der Waals surface area (Å²) in [6.45, 7) is 0. The average molecular weight is 412 g/mol. The highest BCUT2D eigenvalue weighted by Crippen LogP contribution is 2.27. The van der Waals surface area contributed by atoms with E-state index in [0.717, 1.165) is 0 Å². The maximum Gasteiger partial charge on any atom is 0.269 e. The molecule has 3 rings (SSSR count). The van der Waals surface area contributed by atoms with Crippen LogP contribution >= 0.6 is 12.2 Å². The Morgan fingerprint density at radius 2 is 1.76 bits per heavy atom. The topological polar surface area (TPSA) is 91.0 Å². The highest BCUT2D eigenvalue weighted by molar-refractivity contribution is 7.80. The first-order chi connectivity index (χ1) is 14.0. The van der Waals surface area contributed by atoms with E-state index < -0.39 is 17.9 Å². The van der Waals surface area contributed by atoms with Crippen molar-refractivity contribution < 1.29 is 19.1 Å². The monoisotopic (exact) mass is 412 g/mol. The Balaban J connectivity index is 1.90. The van der Waals surface area contributed by atoms with Crippen LogP contribution in [0.5, 0.6) is 5.75 Å². The average Bonchev–Trinajstić information content (AvgIpc) is 2.98. The maximum atomic E-state index is 13.1. The van der Waals surface area contributed by atoms with Crippen LogP contribution in [0, 0.1) is 0 Å². The van der Waals surface area contributed by atoms with Crippen molar-refractivity contribution in [3.63, 3.8) is 0 Å². The maximum absolute atomic E-state index is 13.1. The van der Waals surface area contributed by atoms with Crippen LogP contribution in [0.25, 0.3) is 0 Å². The molecule has 0 saturated carbocycles. The Labute approximate surface area is 173 Å². The summed E-state index contributed by atoms with van der Waals surface area (Å²) < 4.78 is 5.14. The van der Waals surface area contributed by atoms with Gasteiger partial charge in [0.05, 0.1) is 19.2 Å². The molecule has 1 atom stereocenters. The molecule has 2 aromatic rings. The number of amides is 3. The zero-order valence-electron chi connectivity index (χ0n) is 15.9. The minimum absolute atomic E-state index is 0.0818. The summed E-state index contributed by atoms with van der Waals surface area (Å²) in [5, 5.41) is 3.85. The number of hydrogen-bond donors (Lipinski definition) is 2. The predicted molar refractivity (Wildman–Crippen MR) is 111 cm³/mol. The SMILES string of the molecule is CNC(=O)CC1C(=O)N(c2ccc(OC)cc2)C(=S)N1NC(=O)c1ccccc1. The number of carbonyl (C=O) groups is 3. The normalized spacial score (nSPS) is 16.0. The summed E-state index contributed by atoms with van der Waals surface area (Å²) in [5.41, 5.74) is 3.58. The molecule has 0 radical (unpaired) electrons. The van der Waals surface area contributed by atoms with Crippen molar-refractivity contribution in [2.75, 3.05) is 19.1 Å². The molecule has 1 fully saturated rings. The molecular formula is C20H20N4O4S. The molecule has 0 bridgehead atoms. The first-order valence-corrected chi connectivity index (χ1v) is 9.25. The van der Waals surface area contributed by atoms with E-state index in [0.29, 0.717) is 17.0 Å². The number of methoxy groups -OCH3 is 1. The lowest BCUT2D eigenvalue weighted by Crippen LogP contribution is -2.50. The lowest BCUT2D eigenvalue weighted by atomic mass is 10.2. The number of nitrogens with zero attached hydrogens (tertiary/aromatic N) is 2. The van der Waals surface area contributed by atoms with Gasteiger partial charge in [-0.15, -0.1) is 0 Å². The highest BCUT2D eigenvalue weighted by Gasteiger charge is 2.45. The summed E-state index contributed by atoms with van der Waals surface area (Å²) >= 11 is 5.47. The summed E-state index contributed by atoms with van der Waals surface area (Å²) in [6, 6.07) is 14.3. The van der Waals surface area contributed by atoms with Gasteiger partial charge in [-0.2, -0.15) is 0 Å². The van der Waals surface area contributed by atoms with Crippen LogP contribution in [0.2, 0.25) is 0 Å². The van der Waals surface area contributed by atoms with E-state index in [1.807, 2.05) is 0 Å². The fraction of sp³-hybridized carbons (Fsp3) is 0.200. The summed E-state index contributed by atoms with van der Waals surface area (Å²) in [7, 11) is 3.02. The van der Waals surface area contributed by atoms with Crippen molar-refractivity contribution in [1.82, 2.24) is 15.8 Å². The molecule has 29 heavy (non-hydrogen) atoms. The first-order valence-electron chi connectivity index (χ1n) is 8.84. The number of thiocarbonyl (C=S) groups is 1. The van der Waals surface area contributed by atoms with E-state index in [1.165, 1.54) is 17.0 Å². The van der Waals surface area contributed by atoms with Gasteiger partial charge >= 0.3 is 0 Å². The van der Waals surface area contributed by atoms with Crippen LogP contribution in [-0.4, -0.2) is 48.0 Å². The third kappa shape index (κ3) is 4.19. The predicted octanol–water partition coefficient (Wildman–Crippen LogP) is 1.48. The van der Waals surface area contributed by atoms with Crippen LogP contribution in [0.1, 0.15) is 16.8 Å². The minimum atomic E-state index is -0.961. The standard InChI is InChI=1S/C20H20N4O4S/c1-21-17(25)12-16-19(27)23(14-8-10-15(28-2)11-9-14)20(29)24(16)22-18(26)13-6-4-3-5-7-13/h3-11,16H,12H2,1-2H3,(H,21,25)(H,22,26). The lowest BCUT2D eigenvalue weighted by molar-refractivity contribution is -0.127. The third-order valence-electron chi connectivity index (χ3n) is 4.46. The zero-order chi connectivity index (χ0) is 21.0. The van der Waals surface area contributed by atoms with Gasteiger partial charge in [0, 0.05) is 12.6 Å². The molecule has 1 aliphatic heterocycles. The summed E-state index contributed by atoms with van der Waals surface area (Å²) in [6.07, 6.45) is -0.156. The van der Waals surface area contributed by atoms with Crippen molar-refractivity contribution >= 4 is 40.7 Å². The number of hydrazine groups is 1. The van der Waals surface area contributed by atoms with E-state index in [1.54, 1.807) is 61.7 Å². The molecule has 0 spiro atoms. The summed E-state index contributed by atoms with van der Waals surface area (Å²) in [4.78, 5) is 39.0. The number of carbonyl (C=O) groups excluding carboxylic acids is 3. The van der Waals surface area contributed by atoms with E-state index in [9.17, 15) is 14.4 Å². The van der Waals surface area contributed by atoms with Crippen molar-refractivity contribution in [3.8, 4) is 5.75 Å². The Bertz CT molecular complexity index is 933. The van der Waals surface area contributed by atoms with Gasteiger partial charge in [-0.3, -0.25) is 24.7 Å². The van der Waals surface area contributed by atoms with Crippen molar-refractivity contribution in [1.29, 1.82) is 0 Å². The number of benzene rings is 2. The molecule has 8 nitrogen and oxygen atoms in total. The fourth-order valence-corrected chi connectivity index (χ4v) is 3.28. The van der Waals surface area contributed by atoms with Crippen molar-refractivity contribution in [2.45, 2.75) is 12.5 Å². The van der Waals surface area contributed by atoms with Gasteiger partial charge < -0.3 is 10.1 Å². The van der Waals surface area contributed by atoms with Gasteiger partial charge in [-0.1, -0.05) is 18.2 Å². The Kier molecular flexibility index (Phi) is 6.08. The molecule has 2 aromatic carbocycles. The number of rotatable bonds is 6. The van der Waals surface area contributed by atoms with E-state index >= 15 is 0 Å². The van der Waals surface area contributed by atoms with Crippen LogP contribution < -0.4 is 20.4 Å². The first kappa shape index (κ1) is 20.3. The Hall–Kier alpha value is -3.46. The van der Waals surface area contributed by atoms with Crippen LogP contribution in [0.3, 0.4) is 0 Å². The molecule has 1 saturated heterocycles. The van der Waals surface area contributed by atoms with Crippen molar-refractivity contribution in [2.24, 2.45) is 0 Å². The van der Waals surface area contributed by atoms with Gasteiger partial charge in [0.15, 0.2) is 0 Å². The second-order valence-electron chi connectivity index (χ2n) is 6.22. The van der Waals surface area contributed by atoms with Crippen LogP contribution in [0.15, 0.2) is 54.6 Å².